The van der Waals surface area contributed by atoms with Crippen LogP contribution >= 0.6 is 0 Å². The fraction of sp³-hybridized carbons (Fsp3) is 0.275. The number of hydrogen-bond donors (Lipinski definition) is 1. The maximum atomic E-state index is 13.8. The van der Waals surface area contributed by atoms with Gasteiger partial charge in [0.2, 0.25) is 5.91 Å². The van der Waals surface area contributed by atoms with Crippen LogP contribution in [0.5, 0.6) is 5.75 Å². The average molecular weight is 746 g/mol. The van der Waals surface area contributed by atoms with Crippen LogP contribution < -0.4 is 4.74 Å². The van der Waals surface area contributed by atoms with Crippen molar-refractivity contribution in [3.8, 4) is 5.75 Å². The van der Waals surface area contributed by atoms with E-state index in [-0.39, 0.29) is 42.0 Å². The standard InChI is InChI=1S/C40H40N4O7.Ni/c1-50-30-20-18-28(19-21-30)32(25-35(45)44-23-24-51-40(44)49)37(39(47)48)42-36(29-13-6-3-7-14-29)31-15-8-9-16-33(31)41-38(46)34-17-10-22-43(34)26-27-11-4-2-5-12-27;/h2-9,11-16,18-21,32,34,37H,10,17,22-26H2,1H3,(H2,41,42,46,47,48);/p-1/t32-,34-,37+;/m0./s1. The molecule has 272 valence electrons. The summed E-state index contributed by atoms with van der Waals surface area (Å²) >= 11 is 0. The molecule has 0 saturated carbocycles. The third-order valence-corrected chi connectivity index (χ3v) is 9.22. The topological polar surface area (TPSA) is 140 Å². The van der Waals surface area contributed by atoms with E-state index in [2.05, 4.69) is 10.2 Å². The molecule has 2 heterocycles. The Bertz CT molecular complexity index is 1890. The minimum absolute atomic E-state index is 0. The van der Waals surface area contributed by atoms with Gasteiger partial charge in [-0.2, -0.15) is 0 Å². The first-order valence-electron chi connectivity index (χ1n) is 16.9. The predicted molar refractivity (Wildman–Crippen MR) is 191 cm³/mol. The molecule has 0 aromatic heterocycles. The number of cyclic esters (lactones) is 1. The molecule has 0 spiro atoms. The Kier molecular flexibility index (Phi) is 12.9. The van der Waals surface area contributed by atoms with Crippen LogP contribution in [0.4, 0.5) is 10.5 Å². The van der Waals surface area contributed by atoms with Gasteiger partial charge in [-0.15, -0.1) is 5.69 Å². The monoisotopic (exact) mass is 745 g/mol. The zero-order valence-electron chi connectivity index (χ0n) is 28.6. The minimum atomic E-state index is -1.48. The quantitative estimate of drug-likeness (QED) is 0.124. The molecule has 1 N–H and O–H groups in total. The maximum absolute atomic E-state index is 13.8. The van der Waals surface area contributed by atoms with Crippen LogP contribution in [0.3, 0.4) is 0 Å². The Morgan fingerprint density at radius 1 is 0.923 bits per heavy atom. The SMILES string of the molecule is COc1ccc([C@H](CC(=O)N2CCOC2=O)[C@@H](N=C(c2ccccc2)c2ccccc2[N-]C(=O)[C@@H]2CCCN2Cc2ccccc2)C(=O)O)cc1.[Ni]. The van der Waals surface area contributed by atoms with E-state index in [1.165, 1.54) is 7.11 Å². The summed E-state index contributed by atoms with van der Waals surface area (Å²) in [6, 6.07) is 31.0. The number of methoxy groups -OCH3 is 1. The molecule has 4 aromatic carbocycles. The van der Waals surface area contributed by atoms with Gasteiger partial charge < -0.3 is 24.7 Å². The van der Waals surface area contributed by atoms with Gasteiger partial charge in [0.1, 0.15) is 12.4 Å². The van der Waals surface area contributed by atoms with E-state index in [0.717, 1.165) is 23.4 Å². The van der Waals surface area contributed by atoms with Crippen molar-refractivity contribution in [1.82, 2.24) is 9.80 Å². The van der Waals surface area contributed by atoms with Crippen molar-refractivity contribution in [2.75, 3.05) is 26.8 Å². The van der Waals surface area contributed by atoms with Crippen LogP contribution in [-0.4, -0.2) is 83.4 Å². The summed E-state index contributed by atoms with van der Waals surface area (Å²) in [6.07, 6.45) is 0.463. The van der Waals surface area contributed by atoms with Gasteiger partial charge in [-0.05, 0) is 48.2 Å². The summed E-state index contributed by atoms with van der Waals surface area (Å²) in [6.45, 7) is 1.56. The first-order valence-corrected chi connectivity index (χ1v) is 16.9. The van der Waals surface area contributed by atoms with E-state index in [1.54, 1.807) is 48.5 Å². The van der Waals surface area contributed by atoms with Gasteiger partial charge in [0.15, 0.2) is 6.04 Å². The molecule has 3 amide bonds. The smallest absolute Gasteiger partial charge is 0.416 e. The Hall–Kier alpha value is -5.32. The Labute approximate surface area is 312 Å². The van der Waals surface area contributed by atoms with Crippen LogP contribution in [0, 0.1) is 0 Å². The molecule has 6 rings (SSSR count). The molecule has 2 aliphatic heterocycles. The van der Waals surface area contributed by atoms with Crippen LogP contribution in [0.1, 0.15) is 47.4 Å². The van der Waals surface area contributed by atoms with Crippen LogP contribution in [-0.2, 0) is 42.2 Å². The van der Waals surface area contributed by atoms with E-state index in [9.17, 15) is 24.3 Å². The third kappa shape index (κ3) is 8.94. The summed E-state index contributed by atoms with van der Waals surface area (Å²) < 4.78 is 10.3. The molecule has 12 heteroatoms. The second-order valence-corrected chi connectivity index (χ2v) is 12.5. The van der Waals surface area contributed by atoms with Gasteiger partial charge in [0.25, 0.3) is 0 Å². The summed E-state index contributed by atoms with van der Waals surface area (Å²) in [5.74, 6) is -2.55. The average Bonchev–Trinajstić information content (AvgIpc) is 3.81. The maximum Gasteiger partial charge on any atom is 0.416 e. The number of aliphatic imine (C=N–C) groups is 1. The minimum Gasteiger partial charge on any atom is -0.625 e. The van der Waals surface area contributed by atoms with E-state index in [4.69, 9.17) is 14.5 Å². The van der Waals surface area contributed by atoms with E-state index in [0.29, 0.717) is 46.8 Å². The first kappa shape index (κ1) is 37.9. The van der Waals surface area contributed by atoms with E-state index < -0.39 is 36.0 Å². The number of ether oxygens (including phenoxy) is 2. The number of carboxylic acid groups (broad SMARTS) is 1. The number of aliphatic carboxylic acids is 1. The Morgan fingerprint density at radius 2 is 1.60 bits per heavy atom. The number of nitrogens with zero attached hydrogens (tertiary/aromatic N) is 4. The number of hydrogen-bond acceptors (Lipinski definition) is 8. The molecule has 0 bridgehead atoms. The third-order valence-electron chi connectivity index (χ3n) is 9.22. The van der Waals surface area contributed by atoms with Crippen molar-refractivity contribution in [1.29, 1.82) is 0 Å². The Morgan fingerprint density at radius 3 is 2.25 bits per heavy atom. The predicted octanol–water partition coefficient (Wildman–Crippen LogP) is 6.33. The summed E-state index contributed by atoms with van der Waals surface area (Å²) in [4.78, 5) is 60.8. The molecule has 4 aromatic rings. The summed E-state index contributed by atoms with van der Waals surface area (Å²) in [5.41, 5.74) is 3.37. The summed E-state index contributed by atoms with van der Waals surface area (Å²) in [7, 11) is 1.52. The van der Waals surface area contributed by atoms with E-state index >= 15 is 0 Å². The van der Waals surface area contributed by atoms with Crippen LogP contribution in [0.15, 0.2) is 114 Å². The van der Waals surface area contributed by atoms with Gasteiger partial charge in [-0.25, -0.2) is 14.5 Å². The largest absolute Gasteiger partial charge is 0.625 e. The number of amides is 3. The van der Waals surface area contributed by atoms with Gasteiger partial charge in [-0.3, -0.25) is 14.7 Å². The first-order chi connectivity index (χ1) is 24.8. The molecule has 3 atom stereocenters. The number of carbonyl (C=O) groups excluding carboxylic acids is 3. The fourth-order valence-corrected chi connectivity index (χ4v) is 6.61. The molecule has 2 saturated heterocycles. The second-order valence-electron chi connectivity index (χ2n) is 12.5. The Balaban J connectivity index is 0.00000523. The fourth-order valence-electron chi connectivity index (χ4n) is 6.61. The number of imide groups is 1. The number of benzene rings is 4. The number of carbonyl (C=O) groups is 4. The molecule has 0 aliphatic carbocycles. The van der Waals surface area contributed by atoms with Crippen molar-refractivity contribution >= 4 is 35.3 Å². The molecular formula is C40H39N4NiO7-. The van der Waals surface area contributed by atoms with Crippen LogP contribution in [0.25, 0.3) is 5.32 Å². The molecule has 11 nitrogen and oxygen atoms in total. The van der Waals surface area contributed by atoms with Crippen molar-refractivity contribution in [3.05, 3.63) is 137 Å². The van der Waals surface area contributed by atoms with Gasteiger partial charge in [0, 0.05) is 40.9 Å². The molecule has 2 aliphatic rings. The van der Waals surface area contributed by atoms with Crippen molar-refractivity contribution < 1.29 is 50.2 Å². The molecule has 0 radical (unpaired) electrons. The van der Waals surface area contributed by atoms with Crippen LogP contribution in [0.2, 0.25) is 0 Å². The number of carboxylic acids is 1. The summed E-state index contributed by atoms with van der Waals surface area (Å²) in [5, 5.41) is 15.4. The zero-order valence-corrected chi connectivity index (χ0v) is 29.6. The molecular weight excluding hydrogens is 707 g/mol. The zero-order chi connectivity index (χ0) is 35.7. The normalized spacial score (nSPS) is 17.1. The van der Waals surface area contributed by atoms with Gasteiger partial charge in [-0.1, -0.05) is 97.1 Å². The number of rotatable bonds is 13. The van der Waals surface area contributed by atoms with Gasteiger partial charge in [0.05, 0.1) is 31.3 Å². The van der Waals surface area contributed by atoms with E-state index in [1.807, 2.05) is 60.7 Å². The molecule has 2 fully saturated rings. The van der Waals surface area contributed by atoms with Crippen molar-refractivity contribution in [3.63, 3.8) is 0 Å². The van der Waals surface area contributed by atoms with Crippen molar-refractivity contribution in [2.24, 2.45) is 4.99 Å². The molecule has 52 heavy (non-hydrogen) atoms. The van der Waals surface area contributed by atoms with Crippen molar-refractivity contribution in [2.45, 2.75) is 43.8 Å². The number of para-hydroxylation sites is 1. The van der Waals surface area contributed by atoms with Gasteiger partial charge >= 0.3 is 12.1 Å². The molecule has 0 unspecified atom stereocenters. The number of likely N-dealkylation sites (tertiary alicyclic amines) is 1. The second kappa shape index (κ2) is 17.8.